The van der Waals surface area contributed by atoms with Crippen LogP contribution in [0.1, 0.15) is 15.9 Å². The maximum atomic E-state index is 12.3. The molecule has 0 bridgehead atoms. The van der Waals surface area contributed by atoms with Crippen LogP contribution in [-0.2, 0) is 11.3 Å². The zero-order valence-electron chi connectivity index (χ0n) is 12.5. The van der Waals surface area contributed by atoms with E-state index in [1.54, 1.807) is 24.2 Å². The molecule has 22 heavy (non-hydrogen) atoms. The number of hydrogen-bond acceptors (Lipinski definition) is 4. The number of nitrogens with zero attached hydrogens (tertiary/aromatic N) is 2. The number of methoxy groups -OCH3 is 1. The van der Waals surface area contributed by atoms with Gasteiger partial charge in [0, 0.05) is 26.4 Å². The largest absolute Gasteiger partial charge is 0.378 e. The second-order valence-corrected chi connectivity index (χ2v) is 5.42. The molecule has 2 unspecified atom stereocenters. The van der Waals surface area contributed by atoms with E-state index in [0.717, 1.165) is 18.7 Å². The Balaban J connectivity index is 1.62. The van der Waals surface area contributed by atoms with E-state index < -0.39 is 0 Å². The summed E-state index contributed by atoms with van der Waals surface area (Å²) in [6.07, 6.45) is 3.39. The van der Waals surface area contributed by atoms with Crippen LogP contribution in [0, 0.1) is 0 Å². The number of ether oxygens (including phenoxy) is 1. The molecule has 1 saturated heterocycles. The van der Waals surface area contributed by atoms with Gasteiger partial charge >= 0.3 is 0 Å². The third-order valence-corrected chi connectivity index (χ3v) is 3.86. The van der Waals surface area contributed by atoms with Crippen molar-refractivity contribution in [2.75, 3.05) is 20.2 Å². The van der Waals surface area contributed by atoms with Crippen LogP contribution in [-0.4, -0.2) is 48.0 Å². The number of hydrogen-bond donors (Lipinski definition) is 2. The van der Waals surface area contributed by atoms with Gasteiger partial charge in [-0.2, -0.15) is 5.10 Å². The SMILES string of the molecule is COC1CNCC1NC(=O)c1cnn(Cc2ccccc2)c1. The summed E-state index contributed by atoms with van der Waals surface area (Å²) in [6, 6.07) is 10.0. The van der Waals surface area contributed by atoms with Crippen molar-refractivity contribution in [1.29, 1.82) is 0 Å². The quantitative estimate of drug-likeness (QED) is 0.851. The molecule has 116 valence electrons. The molecule has 6 nitrogen and oxygen atoms in total. The predicted octanol–water partition coefficient (Wildman–Crippen LogP) is 0.648. The molecule has 1 aromatic carbocycles. The molecule has 2 aromatic rings. The zero-order valence-corrected chi connectivity index (χ0v) is 12.5. The molecule has 2 atom stereocenters. The number of carbonyl (C=O) groups is 1. The fourth-order valence-corrected chi connectivity index (χ4v) is 2.64. The maximum absolute atomic E-state index is 12.3. The Morgan fingerprint density at radius 1 is 1.41 bits per heavy atom. The van der Waals surface area contributed by atoms with Gasteiger partial charge < -0.3 is 15.4 Å². The van der Waals surface area contributed by atoms with Gasteiger partial charge in [0.25, 0.3) is 5.91 Å². The van der Waals surface area contributed by atoms with Crippen LogP contribution in [0.4, 0.5) is 0 Å². The first-order valence-electron chi connectivity index (χ1n) is 7.37. The summed E-state index contributed by atoms with van der Waals surface area (Å²) in [6.45, 7) is 2.14. The molecule has 3 rings (SSSR count). The van der Waals surface area contributed by atoms with Gasteiger partial charge in [-0.05, 0) is 5.56 Å². The van der Waals surface area contributed by atoms with E-state index in [4.69, 9.17) is 4.74 Å². The van der Waals surface area contributed by atoms with Crippen molar-refractivity contribution in [3.05, 3.63) is 53.9 Å². The Bertz CT molecular complexity index is 626. The third-order valence-electron chi connectivity index (χ3n) is 3.86. The second-order valence-electron chi connectivity index (χ2n) is 5.42. The van der Waals surface area contributed by atoms with E-state index in [9.17, 15) is 4.79 Å². The van der Waals surface area contributed by atoms with Crippen LogP contribution < -0.4 is 10.6 Å². The van der Waals surface area contributed by atoms with Crippen LogP contribution in [0.15, 0.2) is 42.7 Å². The first-order chi connectivity index (χ1) is 10.8. The van der Waals surface area contributed by atoms with Crippen LogP contribution >= 0.6 is 0 Å². The molecule has 1 aromatic heterocycles. The lowest BCUT2D eigenvalue weighted by molar-refractivity contribution is 0.0780. The molecule has 2 heterocycles. The highest BCUT2D eigenvalue weighted by atomic mass is 16.5. The van der Waals surface area contributed by atoms with Crippen molar-refractivity contribution in [3.63, 3.8) is 0 Å². The fraction of sp³-hybridized carbons (Fsp3) is 0.375. The van der Waals surface area contributed by atoms with Gasteiger partial charge in [0.2, 0.25) is 0 Å². The average molecular weight is 300 g/mol. The second kappa shape index (κ2) is 6.72. The molecule has 0 saturated carbocycles. The molecule has 0 radical (unpaired) electrons. The fourth-order valence-electron chi connectivity index (χ4n) is 2.64. The van der Waals surface area contributed by atoms with Crippen molar-refractivity contribution in [1.82, 2.24) is 20.4 Å². The lowest BCUT2D eigenvalue weighted by Gasteiger charge is -2.17. The predicted molar refractivity (Wildman–Crippen MR) is 82.7 cm³/mol. The summed E-state index contributed by atoms with van der Waals surface area (Å²) in [4.78, 5) is 12.3. The number of rotatable bonds is 5. The van der Waals surface area contributed by atoms with Gasteiger partial charge in [-0.15, -0.1) is 0 Å². The van der Waals surface area contributed by atoms with Gasteiger partial charge in [0.15, 0.2) is 0 Å². The third kappa shape index (κ3) is 3.35. The highest BCUT2D eigenvalue weighted by Crippen LogP contribution is 2.07. The van der Waals surface area contributed by atoms with Crippen LogP contribution in [0.25, 0.3) is 0 Å². The standard InChI is InChI=1S/C16H20N4O2/c1-22-15-9-17-8-14(15)19-16(21)13-7-18-20(11-13)10-12-5-3-2-4-6-12/h2-7,11,14-15,17H,8-10H2,1H3,(H,19,21). The smallest absolute Gasteiger partial charge is 0.254 e. The highest BCUT2D eigenvalue weighted by molar-refractivity contribution is 5.93. The number of nitrogens with one attached hydrogen (secondary N) is 2. The first-order valence-corrected chi connectivity index (χ1v) is 7.37. The van der Waals surface area contributed by atoms with Crippen LogP contribution in [0.5, 0.6) is 0 Å². The molecule has 1 aliphatic heterocycles. The summed E-state index contributed by atoms with van der Waals surface area (Å²) < 4.78 is 7.12. The van der Waals surface area contributed by atoms with Crippen molar-refractivity contribution >= 4 is 5.91 Å². The molecule has 1 aliphatic rings. The summed E-state index contributed by atoms with van der Waals surface area (Å²) in [5.74, 6) is -0.116. The molecule has 0 spiro atoms. The van der Waals surface area contributed by atoms with Crippen molar-refractivity contribution in [2.24, 2.45) is 0 Å². The molecule has 1 fully saturated rings. The molecular formula is C16H20N4O2. The Morgan fingerprint density at radius 2 is 2.23 bits per heavy atom. The van der Waals surface area contributed by atoms with Crippen molar-refractivity contribution in [2.45, 2.75) is 18.7 Å². The first kappa shape index (κ1) is 14.7. The number of aromatic nitrogens is 2. The van der Waals surface area contributed by atoms with Crippen LogP contribution in [0.3, 0.4) is 0 Å². The Morgan fingerprint density at radius 3 is 3.00 bits per heavy atom. The number of benzene rings is 1. The van der Waals surface area contributed by atoms with Crippen molar-refractivity contribution in [3.8, 4) is 0 Å². The summed E-state index contributed by atoms with van der Waals surface area (Å²) in [5.41, 5.74) is 1.72. The van der Waals surface area contributed by atoms with E-state index in [1.807, 2.05) is 30.3 Å². The van der Waals surface area contributed by atoms with E-state index in [-0.39, 0.29) is 18.1 Å². The van der Waals surface area contributed by atoms with E-state index in [0.29, 0.717) is 12.1 Å². The monoisotopic (exact) mass is 300 g/mol. The molecule has 6 heteroatoms. The lowest BCUT2D eigenvalue weighted by atomic mass is 10.2. The van der Waals surface area contributed by atoms with Crippen molar-refractivity contribution < 1.29 is 9.53 Å². The van der Waals surface area contributed by atoms with Gasteiger partial charge in [-0.3, -0.25) is 9.48 Å². The summed E-state index contributed by atoms with van der Waals surface area (Å²) >= 11 is 0. The Kier molecular flexibility index (Phi) is 4.50. The number of amides is 1. The minimum absolute atomic E-state index is 0.00465. The molecule has 0 aliphatic carbocycles. The minimum atomic E-state index is -0.116. The van der Waals surface area contributed by atoms with Gasteiger partial charge in [-0.1, -0.05) is 30.3 Å². The summed E-state index contributed by atoms with van der Waals surface area (Å²) in [7, 11) is 1.66. The van der Waals surface area contributed by atoms with Gasteiger partial charge in [0.1, 0.15) is 0 Å². The van der Waals surface area contributed by atoms with Crippen LogP contribution in [0.2, 0.25) is 0 Å². The lowest BCUT2D eigenvalue weighted by Crippen LogP contribution is -2.43. The average Bonchev–Trinajstić information content (AvgIpc) is 3.17. The summed E-state index contributed by atoms with van der Waals surface area (Å²) in [5, 5.41) is 10.5. The van der Waals surface area contributed by atoms with E-state index in [1.165, 1.54) is 0 Å². The highest BCUT2D eigenvalue weighted by Gasteiger charge is 2.28. The topological polar surface area (TPSA) is 68.2 Å². The normalized spacial score (nSPS) is 21.0. The Hall–Kier alpha value is -2.18. The maximum Gasteiger partial charge on any atom is 0.254 e. The zero-order chi connectivity index (χ0) is 15.4. The number of carbonyl (C=O) groups excluding carboxylic acids is 1. The van der Waals surface area contributed by atoms with E-state index >= 15 is 0 Å². The Labute approximate surface area is 129 Å². The molecule has 1 amide bonds. The van der Waals surface area contributed by atoms with Gasteiger partial charge in [0.05, 0.1) is 30.5 Å². The van der Waals surface area contributed by atoms with E-state index in [2.05, 4.69) is 15.7 Å². The minimum Gasteiger partial charge on any atom is -0.378 e. The molecular weight excluding hydrogens is 280 g/mol. The van der Waals surface area contributed by atoms with Gasteiger partial charge in [-0.25, -0.2) is 0 Å². The molecule has 2 N–H and O–H groups in total.